The predicted octanol–water partition coefficient (Wildman–Crippen LogP) is 0.758. The van der Waals surface area contributed by atoms with E-state index in [1.165, 1.54) is 18.2 Å². The van der Waals surface area contributed by atoms with Crippen molar-refractivity contribution in [1.82, 2.24) is 5.32 Å². The summed E-state index contributed by atoms with van der Waals surface area (Å²) in [6, 6.07) is 10.9. The molecule has 29 heavy (non-hydrogen) atoms. The molecule has 0 spiro atoms. The topological polar surface area (TPSA) is 147 Å². The van der Waals surface area contributed by atoms with Crippen LogP contribution in [0.2, 0.25) is 0 Å². The molecule has 0 aliphatic carbocycles. The standard InChI is InChI=1S/C20H24BNO7/c23-11-2-1-4-13-7-9-14(10-8-13)19(25)22-17(21(28)29)12-15-5-3-6-16(18(15)24)20(26)27/h3,5-10,17,23-24,28-29H,1-2,4,11-12H2,(H,22,25)(H,26,27)/t17-/m0/s1. The fourth-order valence-electron chi connectivity index (χ4n) is 2.91. The van der Waals surface area contributed by atoms with Crippen molar-refractivity contribution < 1.29 is 35.0 Å². The summed E-state index contributed by atoms with van der Waals surface area (Å²) < 4.78 is 0. The minimum absolute atomic E-state index is 0.135. The highest BCUT2D eigenvalue weighted by Crippen LogP contribution is 2.24. The Balaban J connectivity index is 2.08. The van der Waals surface area contributed by atoms with Crippen molar-refractivity contribution >= 4 is 19.0 Å². The lowest BCUT2D eigenvalue weighted by Gasteiger charge is -2.19. The number of carboxylic acid groups (broad SMARTS) is 1. The van der Waals surface area contributed by atoms with Gasteiger partial charge in [-0.2, -0.15) is 0 Å². The smallest absolute Gasteiger partial charge is 0.475 e. The maximum atomic E-state index is 12.5. The van der Waals surface area contributed by atoms with Crippen molar-refractivity contribution in [3.8, 4) is 5.75 Å². The van der Waals surface area contributed by atoms with Gasteiger partial charge in [-0.05, 0) is 55.0 Å². The van der Waals surface area contributed by atoms with Crippen LogP contribution in [0, 0.1) is 0 Å². The molecule has 2 rings (SSSR count). The molecule has 9 heteroatoms. The minimum atomic E-state index is -1.91. The van der Waals surface area contributed by atoms with E-state index in [4.69, 9.17) is 10.2 Å². The van der Waals surface area contributed by atoms with E-state index in [2.05, 4.69) is 5.32 Å². The molecule has 0 aromatic heterocycles. The molecule has 8 nitrogen and oxygen atoms in total. The van der Waals surface area contributed by atoms with E-state index in [0.29, 0.717) is 12.0 Å². The molecule has 6 N–H and O–H groups in total. The Morgan fingerprint density at radius 1 is 1.03 bits per heavy atom. The van der Waals surface area contributed by atoms with Crippen LogP contribution in [0.25, 0.3) is 0 Å². The van der Waals surface area contributed by atoms with Crippen LogP contribution in [-0.2, 0) is 12.8 Å². The number of aromatic carboxylic acids is 1. The third-order valence-corrected chi connectivity index (χ3v) is 4.56. The van der Waals surface area contributed by atoms with E-state index in [1.807, 2.05) is 0 Å². The lowest BCUT2D eigenvalue weighted by Crippen LogP contribution is -2.47. The van der Waals surface area contributed by atoms with E-state index >= 15 is 0 Å². The first kappa shape index (κ1) is 22.4. The molecule has 0 aliphatic heterocycles. The summed E-state index contributed by atoms with van der Waals surface area (Å²) in [6.07, 6.45) is 2.14. The summed E-state index contributed by atoms with van der Waals surface area (Å²) in [6.45, 7) is 0.135. The maximum Gasteiger partial charge on any atom is 0.475 e. The number of hydrogen-bond acceptors (Lipinski definition) is 6. The highest BCUT2D eigenvalue weighted by Gasteiger charge is 2.28. The molecule has 1 atom stereocenters. The van der Waals surface area contributed by atoms with Gasteiger partial charge in [-0.15, -0.1) is 0 Å². The Kier molecular flexibility index (Phi) is 8.20. The fourth-order valence-corrected chi connectivity index (χ4v) is 2.91. The number of aryl methyl sites for hydroxylation is 1. The van der Waals surface area contributed by atoms with E-state index in [-0.39, 0.29) is 24.2 Å². The first-order valence-electron chi connectivity index (χ1n) is 9.24. The molecule has 0 radical (unpaired) electrons. The monoisotopic (exact) mass is 401 g/mol. The third kappa shape index (κ3) is 6.32. The van der Waals surface area contributed by atoms with Gasteiger partial charge in [0.1, 0.15) is 11.3 Å². The second kappa shape index (κ2) is 10.6. The molecule has 2 aromatic rings. The lowest BCUT2D eigenvalue weighted by molar-refractivity contribution is 0.0693. The summed E-state index contributed by atoms with van der Waals surface area (Å²) in [5.41, 5.74) is 1.20. The molecule has 0 aliphatic rings. The fraction of sp³-hybridized carbons (Fsp3) is 0.300. The van der Waals surface area contributed by atoms with Crippen molar-refractivity contribution in [2.45, 2.75) is 31.6 Å². The molecule has 1 amide bonds. The Labute approximate surface area is 168 Å². The van der Waals surface area contributed by atoms with Gasteiger partial charge in [0.25, 0.3) is 5.91 Å². The number of rotatable bonds is 10. The van der Waals surface area contributed by atoms with Crippen LogP contribution in [0.3, 0.4) is 0 Å². The average Bonchev–Trinajstić information content (AvgIpc) is 2.69. The highest BCUT2D eigenvalue weighted by molar-refractivity contribution is 6.43. The van der Waals surface area contributed by atoms with E-state index in [1.54, 1.807) is 24.3 Å². The molecule has 2 aromatic carbocycles. The molecular weight excluding hydrogens is 377 g/mol. The largest absolute Gasteiger partial charge is 0.507 e. The Bertz CT molecular complexity index is 839. The van der Waals surface area contributed by atoms with E-state index in [9.17, 15) is 24.7 Å². The number of phenols is 1. The van der Waals surface area contributed by atoms with Crippen molar-refractivity contribution in [2.24, 2.45) is 0 Å². The zero-order valence-corrected chi connectivity index (χ0v) is 15.8. The second-order valence-corrected chi connectivity index (χ2v) is 6.69. The maximum absolute atomic E-state index is 12.5. The quantitative estimate of drug-likeness (QED) is 0.254. The molecule has 0 bridgehead atoms. The SMILES string of the molecule is O=C(N[C@@H](Cc1cccc(C(=O)O)c1O)B(O)O)c1ccc(CCCCO)cc1. The normalized spacial score (nSPS) is 11.7. The van der Waals surface area contributed by atoms with Gasteiger partial charge in [0.2, 0.25) is 0 Å². The number of aliphatic hydroxyl groups excluding tert-OH is 1. The van der Waals surface area contributed by atoms with Crippen molar-refractivity contribution in [3.63, 3.8) is 0 Å². The number of unbranched alkanes of at least 4 members (excludes halogenated alkanes) is 1. The zero-order chi connectivity index (χ0) is 21.4. The number of aliphatic hydroxyl groups is 1. The second-order valence-electron chi connectivity index (χ2n) is 6.69. The molecule has 0 saturated carbocycles. The van der Waals surface area contributed by atoms with Crippen LogP contribution in [-0.4, -0.2) is 56.9 Å². The summed E-state index contributed by atoms with van der Waals surface area (Å²) in [5.74, 6) is -3.47. The van der Waals surface area contributed by atoms with E-state index in [0.717, 1.165) is 18.4 Å². The van der Waals surface area contributed by atoms with E-state index < -0.39 is 30.7 Å². The summed E-state index contributed by atoms with van der Waals surface area (Å²) >= 11 is 0. The number of nitrogens with one attached hydrogen (secondary N) is 1. The van der Waals surface area contributed by atoms with Crippen LogP contribution < -0.4 is 5.32 Å². The molecule has 0 heterocycles. The van der Waals surface area contributed by atoms with Gasteiger partial charge in [-0.1, -0.05) is 24.3 Å². The number of hydrogen-bond donors (Lipinski definition) is 6. The van der Waals surface area contributed by atoms with Crippen LogP contribution in [0.5, 0.6) is 5.75 Å². The first-order valence-corrected chi connectivity index (χ1v) is 9.24. The molecular formula is C20H24BNO7. The number of para-hydroxylation sites is 1. The van der Waals surface area contributed by atoms with Crippen molar-refractivity contribution in [2.75, 3.05) is 6.61 Å². The summed E-state index contributed by atoms with van der Waals surface area (Å²) in [4.78, 5) is 23.6. The van der Waals surface area contributed by atoms with Gasteiger partial charge in [0, 0.05) is 12.2 Å². The molecule has 0 fully saturated rings. The Morgan fingerprint density at radius 2 is 1.72 bits per heavy atom. The molecule has 154 valence electrons. The number of aromatic hydroxyl groups is 1. The zero-order valence-electron chi connectivity index (χ0n) is 15.8. The van der Waals surface area contributed by atoms with Gasteiger partial charge in [-0.25, -0.2) is 4.79 Å². The average molecular weight is 401 g/mol. The van der Waals surface area contributed by atoms with Crippen molar-refractivity contribution in [3.05, 3.63) is 64.7 Å². The summed E-state index contributed by atoms with van der Waals surface area (Å²) in [7, 11) is -1.91. The van der Waals surface area contributed by atoms with Crippen LogP contribution in [0.1, 0.15) is 44.7 Å². The van der Waals surface area contributed by atoms with Gasteiger partial charge in [0.15, 0.2) is 0 Å². The first-order chi connectivity index (χ1) is 13.8. The summed E-state index contributed by atoms with van der Waals surface area (Å²) in [5, 5.41) is 49.7. The Hall–Kier alpha value is -2.88. The number of benzene rings is 2. The van der Waals surface area contributed by atoms with Crippen LogP contribution in [0.4, 0.5) is 0 Å². The number of amides is 1. The predicted molar refractivity (Wildman–Crippen MR) is 107 cm³/mol. The highest BCUT2D eigenvalue weighted by atomic mass is 16.4. The van der Waals surface area contributed by atoms with Gasteiger partial charge >= 0.3 is 13.1 Å². The van der Waals surface area contributed by atoms with Gasteiger partial charge in [0.05, 0.1) is 5.94 Å². The molecule has 0 saturated heterocycles. The lowest BCUT2D eigenvalue weighted by atomic mass is 9.75. The number of carbonyl (C=O) groups is 2. The van der Waals surface area contributed by atoms with Gasteiger partial charge in [-0.3, -0.25) is 4.79 Å². The van der Waals surface area contributed by atoms with Crippen LogP contribution in [0.15, 0.2) is 42.5 Å². The van der Waals surface area contributed by atoms with Crippen LogP contribution >= 0.6 is 0 Å². The number of carbonyl (C=O) groups excluding carboxylic acids is 1. The van der Waals surface area contributed by atoms with Crippen molar-refractivity contribution in [1.29, 1.82) is 0 Å². The minimum Gasteiger partial charge on any atom is -0.507 e. The molecule has 0 unspecified atom stereocenters. The van der Waals surface area contributed by atoms with Gasteiger partial charge < -0.3 is 30.7 Å². The number of carboxylic acids is 1. The Morgan fingerprint density at radius 3 is 2.31 bits per heavy atom. The third-order valence-electron chi connectivity index (χ3n) is 4.56.